The number of nitrogens with zero attached hydrogens (tertiary/aromatic N) is 1. The predicted octanol–water partition coefficient (Wildman–Crippen LogP) is 3.43. The van der Waals surface area contributed by atoms with E-state index in [1.54, 1.807) is 0 Å². The van der Waals surface area contributed by atoms with Crippen LogP contribution in [0, 0.1) is 10.1 Å². The molecule has 2 aliphatic carbocycles. The van der Waals surface area contributed by atoms with Crippen molar-refractivity contribution in [2.45, 2.75) is 12.8 Å². The Morgan fingerprint density at radius 1 is 0.893 bits per heavy atom. The number of carbonyl (C=O) groups is 2. The highest BCUT2D eigenvalue weighted by Crippen LogP contribution is 2.43. The zero-order valence-corrected chi connectivity index (χ0v) is 14.4. The average Bonchev–Trinajstić information content (AvgIpc) is 2.67. The molecule has 0 saturated carbocycles. The van der Waals surface area contributed by atoms with E-state index in [-0.39, 0.29) is 16.8 Å². The number of nitro groups is 1. The fraction of sp³-hybridized carbons (Fsp3) is 0.100. The molecule has 28 heavy (non-hydrogen) atoms. The van der Waals surface area contributed by atoms with E-state index in [4.69, 9.17) is 0 Å². The molecular formula is C20H14N2O6. The lowest BCUT2D eigenvalue weighted by Gasteiger charge is -2.22. The number of carbonyl (C=O) groups excluding carboxylic acids is 2. The van der Waals surface area contributed by atoms with Gasteiger partial charge in [0.2, 0.25) is 11.6 Å². The van der Waals surface area contributed by atoms with Crippen molar-refractivity contribution in [2.75, 3.05) is 5.32 Å². The van der Waals surface area contributed by atoms with Gasteiger partial charge in [0, 0.05) is 11.8 Å². The third-order valence-corrected chi connectivity index (χ3v) is 4.72. The minimum absolute atomic E-state index is 0.161. The van der Waals surface area contributed by atoms with E-state index in [9.17, 15) is 29.9 Å². The molecule has 0 saturated heterocycles. The Morgan fingerprint density at radius 2 is 1.54 bits per heavy atom. The van der Waals surface area contributed by atoms with Gasteiger partial charge in [-0.2, -0.15) is 0 Å². The van der Waals surface area contributed by atoms with Crippen LogP contribution in [-0.2, 0) is 0 Å². The molecule has 4 rings (SSSR count). The van der Waals surface area contributed by atoms with Crippen LogP contribution in [0.2, 0.25) is 0 Å². The molecule has 0 heterocycles. The van der Waals surface area contributed by atoms with Gasteiger partial charge in [0.15, 0.2) is 0 Å². The number of fused-ring (bicyclic) bond motifs is 2. The molecule has 0 bridgehead atoms. The van der Waals surface area contributed by atoms with Crippen LogP contribution < -0.4 is 5.32 Å². The molecule has 0 fully saturated rings. The van der Waals surface area contributed by atoms with Gasteiger partial charge in [-0.25, -0.2) is 0 Å². The summed E-state index contributed by atoms with van der Waals surface area (Å²) in [6.45, 7) is 0. The van der Waals surface area contributed by atoms with E-state index in [0.717, 1.165) is 25.0 Å². The quantitative estimate of drug-likeness (QED) is 0.362. The van der Waals surface area contributed by atoms with E-state index < -0.39 is 44.8 Å². The second-order valence-corrected chi connectivity index (χ2v) is 6.42. The summed E-state index contributed by atoms with van der Waals surface area (Å²) in [5, 5.41) is 34.7. The van der Waals surface area contributed by atoms with Crippen molar-refractivity contribution in [3.63, 3.8) is 0 Å². The van der Waals surface area contributed by atoms with Gasteiger partial charge in [0.25, 0.3) is 5.69 Å². The average molecular weight is 378 g/mol. The summed E-state index contributed by atoms with van der Waals surface area (Å²) in [5.41, 5.74) is -1.05. The zero-order chi connectivity index (χ0) is 20.0. The number of phenols is 2. The number of anilines is 1. The van der Waals surface area contributed by atoms with Crippen molar-refractivity contribution in [1.82, 2.24) is 0 Å². The van der Waals surface area contributed by atoms with Gasteiger partial charge in [-0.15, -0.1) is 0 Å². The van der Waals surface area contributed by atoms with Gasteiger partial charge >= 0.3 is 0 Å². The zero-order valence-electron chi connectivity index (χ0n) is 14.4. The van der Waals surface area contributed by atoms with Gasteiger partial charge < -0.3 is 15.5 Å². The molecule has 0 atom stereocenters. The first-order valence-electron chi connectivity index (χ1n) is 8.49. The molecule has 2 aliphatic rings. The Kier molecular flexibility index (Phi) is 3.96. The van der Waals surface area contributed by atoms with Crippen LogP contribution in [0.5, 0.6) is 11.5 Å². The van der Waals surface area contributed by atoms with E-state index in [2.05, 4.69) is 5.32 Å². The Morgan fingerprint density at radius 3 is 2.18 bits per heavy atom. The molecule has 0 amide bonds. The standard InChI is InChI=1S/C20H14N2O6/c23-13-8-6-11(21-10-4-2-1-3-5-10)15-17(13)20(26)18-14(24)9-7-12(22(27)28)16(18)19(15)25/h2,4-9,21,23-24H,1,3H2. The van der Waals surface area contributed by atoms with E-state index in [1.807, 2.05) is 18.2 Å². The van der Waals surface area contributed by atoms with E-state index in [1.165, 1.54) is 12.1 Å². The molecule has 8 heteroatoms. The Labute approximate surface area is 158 Å². The number of nitrogens with one attached hydrogen (secondary N) is 1. The first-order valence-corrected chi connectivity index (χ1v) is 8.49. The number of benzene rings is 2. The van der Waals surface area contributed by atoms with Crippen molar-refractivity contribution in [2.24, 2.45) is 0 Å². The fourth-order valence-electron chi connectivity index (χ4n) is 3.47. The predicted molar refractivity (Wildman–Crippen MR) is 99.8 cm³/mol. The SMILES string of the molecule is O=C1c2c(O)ccc(NC3=CCCC=C3)c2C(=O)c2c([N+](=O)[O-])ccc(O)c21. The molecule has 0 unspecified atom stereocenters. The number of aromatic hydroxyl groups is 2. The lowest BCUT2D eigenvalue weighted by molar-refractivity contribution is -0.385. The summed E-state index contributed by atoms with van der Waals surface area (Å²) in [5.74, 6) is -2.66. The normalized spacial score (nSPS) is 14.9. The van der Waals surface area contributed by atoms with Crippen LogP contribution in [0.4, 0.5) is 11.4 Å². The third-order valence-electron chi connectivity index (χ3n) is 4.72. The summed E-state index contributed by atoms with van der Waals surface area (Å²) in [4.78, 5) is 36.8. The number of ketones is 2. The summed E-state index contributed by atoms with van der Waals surface area (Å²) in [7, 11) is 0. The second kappa shape index (κ2) is 6.34. The number of nitro benzene ring substituents is 1. The lowest BCUT2D eigenvalue weighted by Crippen LogP contribution is -2.24. The highest BCUT2D eigenvalue weighted by atomic mass is 16.6. The maximum absolute atomic E-state index is 13.2. The molecular weight excluding hydrogens is 364 g/mol. The molecule has 8 nitrogen and oxygen atoms in total. The van der Waals surface area contributed by atoms with Crippen LogP contribution in [0.25, 0.3) is 0 Å². The van der Waals surface area contributed by atoms with Crippen LogP contribution in [0.15, 0.2) is 48.2 Å². The van der Waals surface area contributed by atoms with Crippen molar-refractivity contribution in [1.29, 1.82) is 0 Å². The third kappa shape index (κ3) is 2.54. The summed E-state index contributed by atoms with van der Waals surface area (Å²) in [6, 6.07) is 4.66. The Balaban J connectivity index is 1.96. The smallest absolute Gasteiger partial charge is 0.281 e. The van der Waals surface area contributed by atoms with Crippen molar-refractivity contribution in [3.05, 3.63) is 80.6 Å². The van der Waals surface area contributed by atoms with E-state index in [0.29, 0.717) is 5.70 Å². The highest BCUT2D eigenvalue weighted by molar-refractivity contribution is 6.33. The molecule has 0 radical (unpaired) electrons. The van der Waals surface area contributed by atoms with Crippen molar-refractivity contribution < 1.29 is 24.7 Å². The monoisotopic (exact) mass is 378 g/mol. The van der Waals surface area contributed by atoms with Crippen molar-refractivity contribution >= 4 is 22.9 Å². The Hall–Kier alpha value is -3.94. The minimum Gasteiger partial charge on any atom is -0.507 e. The van der Waals surface area contributed by atoms with Gasteiger partial charge in [-0.05, 0) is 37.1 Å². The van der Waals surface area contributed by atoms with Crippen LogP contribution in [0.1, 0.15) is 44.7 Å². The largest absolute Gasteiger partial charge is 0.507 e. The molecule has 140 valence electrons. The number of allylic oxidation sites excluding steroid dienone is 3. The first kappa shape index (κ1) is 17.5. The lowest BCUT2D eigenvalue weighted by atomic mass is 9.81. The van der Waals surface area contributed by atoms with Gasteiger partial charge in [-0.1, -0.05) is 12.2 Å². The number of hydrogen-bond acceptors (Lipinski definition) is 7. The molecule has 3 N–H and O–H groups in total. The summed E-state index contributed by atoms with van der Waals surface area (Å²) < 4.78 is 0. The number of phenolic OH excluding ortho intramolecular Hbond substituents is 2. The molecule has 0 aliphatic heterocycles. The molecule has 0 spiro atoms. The molecule has 2 aromatic carbocycles. The molecule has 2 aromatic rings. The van der Waals surface area contributed by atoms with Crippen LogP contribution in [0.3, 0.4) is 0 Å². The van der Waals surface area contributed by atoms with Gasteiger partial charge in [-0.3, -0.25) is 19.7 Å². The number of rotatable bonds is 3. The van der Waals surface area contributed by atoms with Crippen LogP contribution in [-0.4, -0.2) is 26.7 Å². The Bertz CT molecular complexity index is 1130. The topological polar surface area (TPSA) is 130 Å². The van der Waals surface area contributed by atoms with Crippen LogP contribution >= 0.6 is 0 Å². The summed E-state index contributed by atoms with van der Waals surface area (Å²) in [6.07, 6.45) is 7.36. The van der Waals surface area contributed by atoms with E-state index >= 15 is 0 Å². The highest BCUT2D eigenvalue weighted by Gasteiger charge is 2.40. The second-order valence-electron chi connectivity index (χ2n) is 6.42. The maximum Gasteiger partial charge on any atom is 0.281 e. The minimum atomic E-state index is -0.847. The van der Waals surface area contributed by atoms with Gasteiger partial charge in [0.05, 0.1) is 27.3 Å². The van der Waals surface area contributed by atoms with Gasteiger partial charge in [0.1, 0.15) is 17.1 Å². The maximum atomic E-state index is 13.2. The van der Waals surface area contributed by atoms with Crippen molar-refractivity contribution in [3.8, 4) is 11.5 Å². The fourth-order valence-corrected chi connectivity index (χ4v) is 3.47. The molecule has 0 aromatic heterocycles. The summed E-state index contributed by atoms with van der Waals surface area (Å²) >= 11 is 0. The number of hydrogen-bond donors (Lipinski definition) is 3. The first-order chi connectivity index (χ1) is 13.4.